The van der Waals surface area contributed by atoms with Crippen LogP contribution in [0.5, 0.6) is 0 Å². The molecule has 0 fully saturated rings. The molecule has 1 N–H and O–H groups in total. The van der Waals surface area contributed by atoms with Crippen molar-refractivity contribution in [1.29, 1.82) is 0 Å². The molecule has 0 radical (unpaired) electrons. The maximum atomic E-state index is 13.2. The van der Waals surface area contributed by atoms with Gasteiger partial charge in [-0.25, -0.2) is 0 Å². The van der Waals surface area contributed by atoms with Crippen molar-refractivity contribution in [2.24, 2.45) is 0 Å². The molecule has 0 bridgehead atoms. The first-order chi connectivity index (χ1) is 14.9. The molecule has 0 saturated carbocycles. The molecule has 168 valence electrons. The van der Waals surface area contributed by atoms with E-state index in [4.69, 9.17) is 11.6 Å². The highest BCUT2D eigenvalue weighted by Crippen LogP contribution is 2.18. The van der Waals surface area contributed by atoms with Gasteiger partial charge in [0.15, 0.2) is 0 Å². The first-order valence-electron chi connectivity index (χ1n) is 10.9. The second-order valence-corrected chi connectivity index (χ2v) is 9.11. The molecule has 0 aromatic heterocycles. The van der Waals surface area contributed by atoms with Crippen molar-refractivity contribution < 1.29 is 9.59 Å². The van der Waals surface area contributed by atoms with E-state index in [-0.39, 0.29) is 17.9 Å². The third-order valence-corrected chi connectivity index (χ3v) is 6.48. The lowest BCUT2D eigenvalue weighted by Gasteiger charge is -2.31. The number of hydrogen-bond donors (Lipinski definition) is 1. The zero-order valence-electron chi connectivity index (χ0n) is 18.6. The number of rotatable bonds is 12. The highest BCUT2D eigenvalue weighted by Gasteiger charge is 2.28. The van der Waals surface area contributed by atoms with Gasteiger partial charge in [0.25, 0.3) is 0 Å². The summed E-state index contributed by atoms with van der Waals surface area (Å²) in [5.74, 6) is 0.954. The molecule has 2 atom stereocenters. The average Bonchev–Trinajstić information content (AvgIpc) is 2.77. The van der Waals surface area contributed by atoms with Crippen LogP contribution in [0.25, 0.3) is 0 Å². The Morgan fingerprint density at radius 2 is 1.74 bits per heavy atom. The number of halogens is 1. The molecule has 0 spiro atoms. The highest BCUT2D eigenvalue weighted by molar-refractivity contribution is 7.99. The second-order valence-electron chi connectivity index (χ2n) is 7.69. The molecule has 2 rings (SSSR count). The molecule has 0 saturated heterocycles. The van der Waals surface area contributed by atoms with E-state index < -0.39 is 6.04 Å². The summed E-state index contributed by atoms with van der Waals surface area (Å²) < 4.78 is 0. The maximum absolute atomic E-state index is 13.2. The number of nitrogens with zero attached hydrogens (tertiary/aromatic N) is 1. The van der Waals surface area contributed by atoms with Gasteiger partial charge in [-0.3, -0.25) is 9.59 Å². The quantitative estimate of drug-likeness (QED) is 0.465. The van der Waals surface area contributed by atoms with E-state index in [0.29, 0.717) is 29.5 Å². The number of carbonyl (C=O) groups excluding carboxylic acids is 2. The van der Waals surface area contributed by atoms with Gasteiger partial charge in [-0.15, -0.1) is 11.8 Å². The van der Waals surface area contributed by atoms with Gasteiger partial charge in [0.05, 0.1) is 5.75 Å². The summed E-state index contributed by atoms with van der Waals surface area (Å²) in [7, 11) is 0. The van der Waals surface area contributed by atoms with Crippen LogP contribution in [0.15, 0.2) is 54.6 Å². The van der Waals surface area contributed by atoms with Crippen molar-refractivity contribution in [2.45, 2.75) is 57.9 Å². The fourth-order valence-electron chi connectivity index (χ4n) is 3.30. The zero-order valence-corrected chi connectivity index (χ0v) is 20.2. The molecule has 0 aliphatic heterocycles. The SMILES string of the molecule is CCC(C)NC(=O)C(CC)N(CCc1ccccc1)C(=O)CSCc1cccc(Cl)c1. The summed E-state index contributed by atoms with van der Waals surface area (Å²) >= 11 is 7.61. The lowest BCUT2D eigenvalue weighted by molar-refractivity contribution is -0.139. The normalized spacial score (nSPS) is 12.8. The van der Waals surface area contributed by atoms with Crippen LogP contribution in [0.1, 0.15) is 44.7 Å². The second kappa shape index (κ2) is 13.4. The lowest BCUT2D eigenvalue weighted by Crippen LogP contribution is -2.52. The van der Waals surface area contributed by atoms with Crippen LogP contribution in [0.2, 0.25) is 5.02 Å². The molecule has 2 aromatic carbocycles. The molecule has 6 heteroatoms. The van der Waals surface area contributed by atoms with Crippen molar-refractivity contribution in [3.05, 3.63) is 70.7 Å². The topological polar surface area (TPSA) is 49.4 Å². The Hall–Kier alpha value is -1.98. The zero-order chi connectivity index (χ0) is 22.6. The molecular weight excluding hydrogens is 428 g/mol. The Morgan fingerprint density at radius 1 is 1.03 bits per heavy atom. The van der Waals surface area contributed by atoms with E-state index >= 15 is 0 Å². The van der Waals surface area contributed by atoms with E-state index in [1.807, 2.05) is 63.2 Å². The Morgan fingerprint density at radius 3 is 2.39 bits per heavy atom. The molecule has 2 unspecified atom stereocenters. The molecule has 2 amide bonds. The van der Waals surface area contributed by atoms with Gasteiger partial charge in [-0.2, -0.15) is 0 Å². The minimum atomic E-state index is -0.461. The Balaban J connectivity index is 2.06. The summed E-state index contributed by atoms with van der Waals surface area (Å²) in [5.41, 5.74) is 2.24. The first kappa shape index (κ1) is 25.3. The molecular formula is C25H33ClN2O2S. The van der Waals surface area contributed by atoms with Gasteiger partial charge < -0.3 is 10.2 Å². The van der Waals surface area contributed by atoms with Crippen molar-refractivity contribution in [2.75, 3.05) is 12.3 Å². The van der Waals surface area contributed by atoms with Crippen LogP contribution in [0.4, 0.5) is 0 Å². The summed E-state index contributed by atoms with van der Waals surface area (Å²) in [4.78, 5) is 27.8. The largest absolute Gasteiger partial charge is 0.352 e. The van der Waals surface area contributed by atoms with Crippen LogP contribution in [0.3, 0.4) is 0 Å². The van der Waals surface area contributed by atoms with Crippen LogP contribution < -0.4 is 5.32 Å². The minimum Gasteiger partial charge on any atom is -0.352 e. The number of nitrogens with one attached hydrogen (secondary N) is 1. The van der Waals surface area contributed by atoms with Crippen molar-refractivity contribution in [1.82, 2.24) is 10.2 Å². The highest BCUT2D eigenvalue weighted by atomic mass is 35.5. The minimum absolute atomic E-state index is 0.00545. The molecule has 0 aliphatic carbocycles. The smallest absolute Gasteiger partial charge is 0.243 e. The standard InChI is InChI=1S/C25H33ClN2O2S/c1-4-19(3)27-25(30)23(5-2)28(15-14-20-10-7-6-8-11-20)24(29)18-31-17-21-12-9-13-22(26)16-21/h6-13,16,19,23H,4-5,14-15,17-18H2,1-3H3,(H,27,30). The van der Waals surface area contributed by atoms with Crippen molar-refractivity contribution in [3.8, 4) is 0 Å². The molecule has 0 aliphatic rings. The number of benzene rings is 2. The van der Waals surface area contributed by atoms with E-state index in [2.05, 4.69) is 17.4 Å². The average molecular weight is 461 g/mol. The Kier molecular flexibility index (Phi) is 11.0. The summed E-state index contributed by atoms with van der Waals surface area (Å²) in [5, 5.41) is 3.74. The van der Waals surface area contributed by atoms with Gasteiger partial charge in [0.1, 0.15) is 6.04 Å². The fourth-order valence-corrected chi connectivity index (χ4v) is 4.37. The van der Waals surface area contributed by atoms with Crippen LogP contribution in [0, 0.1) is 0 Å². The van der Waals surface area contributed by atoms with Crippen molar-refractivity contribution >= 4 is 35.2 Å². The predicted octanol–water partition coefficient (Wildman–Crippen LogP) is 5.34. The van der Waals surface area contributed by atoms with Gasteiger partial charge >= 0.3 is 0 Å². The number of amides is 2. The van der Waals surface area contributed by atoms with Crippen LogP contribution >= 0.6 is 23.4 Å². The number of carbonyl (C=O) groups is 2. The van der Waals surface area contributed by atoms with E-state index in [1.54, 1.807) is 16.7 Å². The van der Waals surface area contributed by atoms with Gasteiger partial charge in [0, 0.05) is 23.4 Å². The Labute approximate surface area is 195 Å². The van der Waals surface area contributed by atoms with E-state index in [0.717, 1.165) is 24.0 Å². The lowest BCUT2D eigenvalue weighted by atomic mass is 10.1. The van der Waals surface area contributed by atoms with E-state index in [1.165, 1.54) is 0 Å². The molecule has 2 aromatic rings. The van der Waals surface area contributed by atoms with Gasteiger partial charge in [-0.1, -0.05) is 67.9 Å². The monoisotopic (exact) mass is 460 g/mol. The predicted molar refractivity (Wildman–Crippen MR) is 131 cm³/mol. The first-order valence-corrected chi connectivity index (χ1v) is 12.4. The summed E-state index contributed by atoms with van der Waals surface area (Å²) in [6.45, 7) is 6.51. The van der Waals surface area contributed by atoms with Crippen LogP contribution in [-0.2, 0) is 21.8 Å². The molecule has 31 heavy (non-hydrogen) atoms. The van der Waals surface area contributed by atoms with Gasteiger partial charge in [0.2, 0.25) is 11.8 Å². The third kappa shape index (κ3) is 8.58. The molecule has 0 heterocycles. The third-order valence-electron chi connectivity index (χ3n) is 5.25. The van der Waals surface area contributed by atoms with Crippen molar-refractivity contribution in [3.63, 3.8) is 0 Å². The van der Waals surface area contributed by atoms with E-state index in [9.17, 15) is 9.59 Å². The summed E-state index contributed by atoms with van der Waals surface area (Å²) in [6, 6.07) is 17.4. The maximum Gasteiger partial charge on any atom is 0.243 e. The van der Waals surface area contributed by atoms with Crippen LogP contribution in [-0.4, -0.2) is 41.1 Å². The summed E-state index contributed by atoms with van der Waals surface area (Å²) in [6.07, 6.45) is 2.16. The number of thioether (sulfide) groups is 1. The number of hydrogen-bond acceptors (Lipinski definition) is 3. The van der Waals surface area contributed by atoms with Gasteiger partial charge in [-0.05, 0) is 49.4 Å². The Bertz CT molecular complexity index is 831. The fraction of sp³-hybridized carbons (Fsp3) is 0.440. The molecule has 4 nitrogen and oxygen atoms in total.